The summed E-state index contributed by atoms with van der Waals surface area (Å²) in [4.78, 5) is 10.9. The molecule has 13 heavy (non-hydrogen) atoms. The van der Waals surface area contributed by atoms with Gasteiger partial charge in [0, 0.05) is 0 Å². The first-order chi connectivity index (χ1) is 6.24. The fraction of sp³-hybridized carbons (Fsp3) is 0.900. The van der Waals surface area contributed by atoms with Crippen LogP contribution in [0.15, 0.2) is 0 Å². The lowest BCUT2D eigenvalue weighted by atomic mass is 10.1. The van der Waals surface area contributed by atoms with E-state index in [0.717, 1.165) is 19.3 Å². The van der Waals surface area contributed by atoms with Crippen molar-refractivity contribution in [2.75, 3.05) is 5.88 Å². The molecular weight excluding hydrogens is 188 g/mol. The lowest BCUT2D eigenvalue weighted by Gasteiger charge is -2.14. The summed E-state index contributed by atoms with van der Waals surface area (Å²) in [6.07, 6.45) is 5.44. The van der Waals surface area contributed by atoms with Crippen molar-refractivity contribution in [2.45, 2.75) is 52.1 Å². The number of halogens is 1. The average Bonchev–Trinajstić information content (AvgIpc) is 2.16. The zero-order valence-corrected chi connectivity index (χ0v) is 9.27. The second-order valence-electron chi connectivity index (χ2n) is 3.15. The number of rotatable bonds is 7. The van der Waals surface area contributed by atoms with Crippen LogP contribution in [-0.4, -0.2) is 18.0 Å². The van der Waals surface area contributed by atoms with E-state index < -0.39 is 0 Å². The summed E-state index contributed by atoms with van der Waals surface area (Å²) in [5.41, 5.74) is 0. The molecule has 0 aromatic carbocycles. The van der Waals surface area contributed by atoms with Crippen LogP contribution in [0.2, 0.25) is 0 Å². The fourth-order valence-corrected chi connectivity index (χ4v) is 1.25. The minimum atomic E-state index is -0.301. The van der Waals surface area contributed by atoms with E-state index in [4.69, 9.17) is 16.3 Å². The molecule has 0 saturated heterocycles. The van der Waals surface area contributed by atoms with Crippen LogP contribution in [0.3, 0.4) is 0 Å². The number of hydrogen-bond acceptors (Lipinski definition) is 2. The van der Waals surface area contributed by atoms with E-state index in [0.29, 0.717) is 0 Å². The first-order valence-corrected chi connectivity index (χ1v) is 5.53. The number of alkyl halides is 1. The van der Waals surface area contributed by atoms with Gasteiger partial charge in [0.15, 0.2) is 0 Å². The van der Waals surface area contributed by atoms with Gasteiger partial charge in [-0.2, -0.15) is 0 Å². The average molecular weight is 207 g/mol. The predicted octanol–water partition coefficient (Wildman–Crippen LogP) is 3.13. The highest BCUT2D eigenvalue weighted by atomic mass is 35.5. The summed E-state index contributed by atoms with van der Waals surface area (Å²) in [6, 6.07) is 0. The Labute approximate surface area is 85.6 Å². The first kappa shape index (κ1) is 12.8. The molecule has 1 unspecified atom stereocenters. The molecule has 0 radical (unpaired) electrons. The van der Waals surface area contributed by atoms with Gasteiger partial charge in [0.2, 0.25) is 0 Å². The van der Waals surface area contributed by atoms with E-state index >= 15 is 0 Å². The van der Waals surface area contributed by atoms with Crippen LogP contribution in [0, 0.1) is 0 Å². The molecule has 78 valence electrons. The number of unbranched alkanes of at least 4 members (excludes halogenated alkanes) is 2. The molecule has 0 N–H and O–H groups in total. The van der Waals surface area contributed by atoms with Gasteiger partial charge < -0.3 is 4.74 Å². The summed E-state index contributed by atoms with van der Waals surface area (Å²) in [6.45, 7) is 4.18. The van der Waals surface area contributed by atoms with Crippen LogP contribution in [0.1, 0.15) is 46.0 Å². The van der Waals surface area contributed by atoms with Crippen molar-refractivity contribution in [1.82, 2.24) is 0 Å². The van der Waals surface area contributed by atoms with Gasteiger partial charge in [-0.25, -0.2) is 0 Å². The lowest BCUT2D eigenvalue weighted by Crippen LogP contribution is -2.18. The number of esters is 1. The molecule has 1 atom stereocenters. The predicted molar refractivity (Wildman–Crippen MR) is 55.0 cm³/mol. The fourth-order valence-electron chi connectivity index (χ4n) is 1.19. The third kappa shape index (κ3) is 6.88. The molecule has 0 aromatic rings. The van der Waals surface area contributed by atoms with Crippen molar-refractivity contribution in [1.29, 1.82) is 0 Å². The van der Waals surface area contributed by atoms with E-state index in [2.05, 4.69) is 6.92 Å². The second-order valence-corrected chi connectivity index (χ2v) is 3.42. The van der Waals surface area contributed by atoms with Crippen molar-refractivity contribution in [3.8, 4) is 0 Å². The Hall–Kier alpha value is -0.240. The summed E-state index contributed by atoms with van der Waals surface area (Å²) in [5.74, 6) is -0.338. The largest absolute Gasteiger partial charge is 0.462 e. The lowest BCUT2D eigenvalue weighted by molar-refractivity contribution is -0.146. The van der Waals surface area contributed by atoms with E-state index in [9.17, 15) is 4.79 Å². The number of carbonyl (C=O) groups excluding carboxylic acids is 1. The molecule has 0 heterocycles. The smallest absolute Gasteiger partial charge is 0.321 e. The molecule has 0 aliphatic rings. The molecule has 3 heteroatoms. The Morgan fingerprint density at radius 1 is 1.38 bits per heavy atom. The Bertz CT molecular complexity index is 137. The molecule has 0 aromatic heterocycles. The normalized spacial score (nSPS) is 12.5. The van der Waals surface area contributed by atoms with Crippen molar-refractivity contribution in [2.24, 2.45) is 0 Å². The van der Waals surface area contributed by atoms with Crippen LogP contribution in [0.5, 0.6) is 0 Å². The van der Waals surface area contributed by atoms with Crippen LogP contribution in [-0.2, 0) is 9.53 Å². The summed E-state index contributed by atoms with van der Waals surface area (Å²) >= 11 is 5.34. The Morgan fingerprint density at radius 2 is 2.08 bits per heavy atom. The minimum Gasteiger partial charge on any atom is -0.462 e. The van der Waals surface area contributed by atoms with Crippen LogP contribution < -0.4 is 0 Å². The first-order valence-electron chi connectivity index (χ1n) is 5.00. The van der Waals surface area contributed by atoms with Crippen molar-refractivity contribution in [3.63, 3.8) is 0 Å². The van der Waals surface area contributed by atoms with Gasteiger partial charge in [-0.05, 0) is 19.3 Å². The maximum atomic E-state index is 10.9. The van der Waals surface area contributed by atoms with Crippen LogP contribution >= 0.6 is 11.6 Å². The highest BCUT2D eigenvalue weighted by Crippen LogP contribution is 2.10. The summed E-state index contributed by atoms with van der Waals surface area (Å²) in [7, 11) is 0. The Balaban J connectivity index is 3.56. The molecule has 0 fully saturated rings. The Kier molecular flexibility index (Phi) is 8.21. The topological polar surface area (TPSA) is 26.3 Å². The molecule has 0 rings (SSSR count). The number of ether oxygens (including phenoxy) is 1. The molecule has 0 aliphatic heterocycles. The van der Waals surface area contributed by atoms with Crippen molar-refractivity contribution >= 4 is 17.6 Å². The molecule has 0 saturated carbocycles. The van der Waals surface area contributed by atoms with Gasteiger partial charge in [-0.15, -0.1) is 11.6 Å². The number of carbonyl (C=O) groups is 1. The maximum absolute atomic E-state index is 10.9. The third-order valence-corrected chi connectivity index (χ3v) is 2.21. The number of hydrogen-bond donors (Lipinski definition) is 0. The standard InChI is InChI=1S/C10H19ClO2/c1-3-5-6-7-9(4-2)13-10(12)8-11/h9H,3-8H2,1-2H3. The molecule has 0 amide bonds. The van der Waals surface area contributed by atoms with Gasteiger partial charge in [-0.3, -0.25) is 4.79 Å². The van der Waals surface area contributed by atoms with Gasteiger partial charge in [0.05, 0.1) is 0 Å². The van der Waals surface area contributed by atoms with Crippen LogP contribution in [0.25, 0.3) is 0 Å². The van der Waals surface area contributed by atoms with Gasteiger partial charge in [-0.1, -0.05) is 26.7 Å². The SMILES string of the molecule is CCCCCC(CC)OC(=O)CCl. The molecule has 2 nitrogen and oxygen atoms in total. The summed E-state index contributed by atoms with van der Waals surface area (Å²) < 4.78 is 5.12. The zero-order valence-electron chi connectivity index (χ0n) is 8.51. The molecule has 0 bridgehead atoms. The van der Waals surface area contributed by atoms with Gasteiger partial charge in [0.1, 0.15) is 12.0 Å². The third-order valence-electron chi connectivity index (χ3n) is 1.99. The minimum absolute atomic E-state index is 0.0374. The molecular formula is C10H19ClO2. The monoisotopic (exact) mass is 206 g/mol. The Morgan fingerprint density at radius 3 is 2.54 bits per heavy atom. The highest BCUT2D eigenvalue weighted by molar-refractivity contribution is 6.26. The van der Waals surface area contributed by atoms with Crippen molar-refractivity contribution in [3.05, 3.63) is 0 Å². The van der Waals surface area contributed by atoms with E-state index in [1.54, 1.807) is 0 Å². The van der Waals surface area contributed by atoms with Gasteiger partial charge >= 0.3 is 5.97 Å². The molecule has 0 aliphatic carbocycles. The van der Waals surface area contributed by atoms with Gasteiger partial charge in [0.25, 0.3) is 0 Å². The van der Waals surface area contributed by atoms with E-state index in [1.165, 1.54) is 12.8 Å². The highest BCUT2D eigenvalue weighted by Gasteiger charge is 2.10. The summed E-state index contributed by atoms with van der Waals surface area (Å²) in [5, 5.41) is 0. The van der Waals surface area contributed by atoms with Crippen molar-refractivity contribution < 1.29 is 9.53 Å². The van der Waals surface area contributed by atoms with E-state index in [-0.39, 0.29) is 18.0 Å². The van der Waals surface area contributed by atoms with Crippen LogP contribution in [0.4, 0.5) is 0 Å². The van der Waals surface area contributed by atoms with E-state index in [1.807, 2.05) is 6.92 Å². The quantitative estimate of drug-likeness (QED) is 0.364. The molecule has 0 spiro atoms. The maximum Gasteiger partial charge on any atom is 0.321 e. The second kappa shape index (κ2) is 8.36. The zero-order chi connectivity index (χ0) is 10.1.